The first-order valence-electron chi connectivity index (χ1n) is 5.10. The number of halogens is 3. The molecular formula is C11H15F3O2. The zero-order valence-corrected chi connectivity index (χ0v) is 9.14. The molecule has 0 spiro atoms. The van der Waals surface area contributed by atoms with Crippen molar-refractivity contribution in [1.82, 2.24) is 0 Å². The van der Waals surface area contributed by atoms with Gasteiger partial charge in [0.15, 0.2) is 0 Å². The van der Waals surface area contributed by atoms with Crippen LogP contribution < -0.4 is 0 Å². The molecule has 0 radical (unpaired) electrons. The molecule has 0 amide bonds. The van der Waals surface area contributed by atoms with Crippen LogP contribution in [0.2, 0.25) is 0 Å². The SMILES string of the molecule is C=C/C(=C(\C)OC1CCOCC1)C(F)(F)F. The first-order chi connectivity index (χ1) is 7.45. The fourth-order valence-electron chi connectivity index (χ4n) is 1.57. The molecule has 0 aromatic rings. The van der Waals surface area contributed by atoms with Gasteiger partial charge < -0.3 is 9.47 Å². The van der Waals surface area contributed by atoms with Crippen molar-refractivity contribution in [2.24, 2.45) is 0 Å². The van der Waals surface area contributed by atoms with E-state index in [-0.39, 0.29) is 11.9 Å². The van der Waals surface area contributed by atoms with Crippen LogP contribution in [0, 0.1) is 0 Å². The van der Waals surface area contributed by atoms with E-state index in [2.05, 4.69) is 6.58 Å². The van der Waals surface area contributed by atoms with E-state index in [0.29, 0.717) is 26.1 Å². The van der Waals surface area contributed by atoms with E-state index >= 15 is 0 Å². The molecule has 16 heavy (non-hydrogen) atoms. The molecule has 0 saturated carbocycles. The molecule has 92 valence electrons. The average molecular weight is 236 g/mol. The Bertz CT molecular complexity index is 275. The lowest BCUT2D eigenvalue weighted by atomic mass is 10.1. The molecular weight excluding hydrogens is 221 g/mol. The normalized spacial score (nSPS) is 20.2. The minimum absolute atomic E-state index is 0.116. The number of rotatable bonds is 3. The van der Waals surface area contributed by atoms with Crippen LogP contribution in [0.5, 0.6) is 0 Å². The lowest BCUT2D eigenvalue weighted by Gasteiger charge is -2.25. The molecule has 1 aliphatic rings. The van der Waals surface area contributed by atoms with Gasteiger partial charge in [0.2, 0.25) is 0 Å². The third-order valence-electron chi connectivity index (χ3n) is 2.40. The minimum Gasteiger partial charge on any atom is -0.494 e. The summed E-state index contributed by atoms with van der Waals surface area (Å²) in [6, 6.07) is 0. The molecule has 1 heterocycles. The molecule has 2 nitrogen and oxygen atoms in total. The summed E-state index contributed by atoms with van der Waals surface area (Å²) in [5.74, 6) is -0.116. The zero-order valence-electron chi connectivity index (χ0n) is 9.14. The number of allylic oxidation sites excluding steroid dienone is 3. The molecule has 1 saturated heterocycles. The van der Waals surface area contributed by atoms with E-state index in [1.807, 2.05) is 0 Å². The second-order valence-electron chi connectivity index (χ2n) is 3.60. The quantitative estimate of drug-likeness (QED) is 0.553. The first kappa shape index (κ1) is 13.1. The molecule has 1 rings (SSSR count). The maximum atomic E-state index is 12.5. The number of ether oxygens (including phenoxy) is 2. The van der Waals surface area contributed by atoms with Crippen molar-refractivity contribution < 1.29 is 22.6 Å². The second kappa shape index (κ2) is 5.39. The number of alkyl halides is 3. The van der Waals surface area contributed by atoms with E-state index < -0.39 is 11.7 Å². The Kier molecular flexibility index (Phi) is 4.41. The van der Waals surface area contributed by atoms with Crippen LogP contribution in [0.15, 0.2) is 24.0 Å². The minimum atomic E-state index is -4.41. The van der Waals surface area contributed by atoms with Gasteiger partial charge in [-0.3, -0.25) is 0 Å². The van der Waals surface area contributed by atoms with E-state index in [1.54, 1.807) is 0 Å². The molecule has 0 aromatic heterocycles. The molecule has 0 bridgehead atoms. The summed E-state index contributed by atoms with van der Waals surface area (Å²) in [5.41, 5.74) is -0.806. The molecule has 0 aliphatic carbocycles. The van der Waals surface area contributed by atoms with Crippen LogP contribution in [0.4, 0.5) is 13.2 Å². The first-order valence-corrected chi connectivity index (χ1v) is 5.10. The van der Waals surface area contributed by atoms with Gasteiger partial charge in [-0.1, -0.05) is 12.7 Å². The predicted molar refractivity (Wildman–Crippen MR) is 53.9 cm³/mol. The molecule has 0 unspecified atom stereocenters. The highest BCUT2D eigenvalue weighted by Crippen LogP contribution is 2.30. The van der Waals surface area contributed by atoms with Crippen molar-refractivity contribution in [3.05, 3.63) is 24.0 Å². The summed E-state index contributed by atoms with van der Waals surface area (Å²) in [6.45, 7) is 5.55. The average Bonchev–Trinajstić information content (AvgIpc) is 2.17. The van der Waals surface area contributed by atoms with Crippen molar-refractivity contribution in [2.75, 3.05) is 13.2 Å². The van der Waals surface area contributed by atoms with Crippen LogP contribution in [0.1, 0.15) is 19.8 Å². The highest BCUT2D eigenvalue weighted by atomic mass is 19.4. The monoisotopic (exact) mass is 236 g/mol. The lowest BCUT2D eigenvalue weighted by Crippen LogP contribution is -2.24. The van der Waals surface area contributed by atoms with Gasteiger partial charge >= 0.3 is 6.18 Å². The lowest BCUT2D eigenvalue weighted by molar-refractivity contribution is -0.0938. The van der Waals surface area contributed by atoms with Crippen LogP contribution >= 0.6 is 0 Å². The van der Waals surface area contributed by atoms with Crippen LogP contribution in [-0.4, -0.2) is 25.5 Å². The largest absolute Gasteiger partial charge is 0.494 e. The molecule has 0 aromatic carbocycles. The van der Waals surface area contributed by atoms with Gasteiger partial charge in [-0.25, -0.2) is 0 Å². The van der Waals surface area contributed by atoms with Gasteiger partial charge in [0.1, 0.15) is 11.9 Å². The van der Waals surface area contributed by atoms with E-state index in [1.165, 1.54) is 6.92 Å². The standard InChI is InChI=1S/C11H15F3O2/c1-3-10(11(12,13)14)8(2)16-9-4-6-15-7-5-9/h3,9H,1,4-7H2,2H3/b10-8-. The smallest absolute Gasteiger partial charge is 0.419 e. The molecule has 1 fully saturated rings. The summed E-state index contributed by atoms with van der Waals surface area (Å²) >= 11 is 0. The van der Waals surface area contributed by atoms with E-state index in [4.69, 9.17) is 9.47 Å². The molecule has 0 atom stereocenters. The van der Waals surface area contributed by atoms with E-state index in [9.17, 15) is 13.2 Å². The topological polar surface area (TPSA) is 18.5 Å². The third kappa shape index (κ3) is 3.56. The fraction of sp³-hybridized carbons (Fsp3) is 0.636. The van der Waals surface area contributed by atoms with Gasteiger partial charge in [0, 0.05) is 12.8 Å². The van der Waals surface area contributed by atoms with Gasteiger partial charge in [0.25, 0.3) is 0 Å². The molecule has 5 heteroatoms. The Morgan fingerprint density at radius 3 is 2.38 bits per heavy atom. The second-order valence-corrected chi connectivity index (χ2v) is 3.60. The number of hydrogen-bond donors (Lipinski definition) is 0. The maximum Gasteiger partial charge on any atom is 0.419 e. The summed E-state index contributed by atoms with van der Waals surface area (Å²) in [4.78, 5) is 0. The van der Waals surface area contributed by atoms with Gasteiger partial charge in [-0.2, -0.15) is 13.2 Å². The van der Waals surface area contributed by atoms with E-state index in [0.717, 1.165) is 6.08 Å². The van der Waals surface area contributed by atoms with Gasteiger partial charge in [0.05, 0.1) is 18.8 Å². The highest BCUT2D eigenvalue weighted by molar-refractivity contribution is 5.24. The van der Waals surface area contributed by atoms with Gasteiger partial charge in [-0.05, 0) is 6.92 Å². The summed E-state index contributed by atoms with van der Waals surface area (Å²) < 4.78 is 47.8. The Balaban J connectivity index is 2.69. The van der Waals surface area contributed by atoms with Crippen molar-refractivity contribution in [3.63, 3.8) is 0 Å². The summed E-state index contributed by atoms with van der Waals surface area (Å²) in [5, 5.41) is 0. The van der Waals surface area contributed by atoms with Crippen molar-refractivity contribution in [1.29, 1.82) is 0 Å². The Morgan fingerprint density at radius 2 is 1.94 bits per heavy atom. The predicted octanol–water partition coefficient (Wildman–Crippen LogP) is 3.20. The Labute approximate surface area is 92.7 Å². The zero-order chi connectivity index (χ0) is 12.2. The fourth-order valence-corrected chi connectivity index (χ4v) is 1.57. The molecule has 0 N–H and O–H groups in total. The van der Waals surface area contributed by atoms with Gasteiger partial charge in [-0.15, -0.1) is 0 Å². The Hall–Kier alpha value is -0.970. The van der Waals surface area contributed by atoms with Crippen LogP contribution in [0.3, 0.4) is 0 Å². The third-order valence-corrected chi connectivity index (χ3v) is 2.40. The van der Waals surface area contributed by atoms with Crippen molar-refractivity contribution in [3.8, 4) is 0 Å². The van der Waals surface area contributed by atoms with Crippen molar-refractivity contribution >= 4 is 0 Å². The summed E-state index contributed by atoms with van der Waals surface area (Å²) in [7, 11) is 0. The van der Waals surface area contributed by atoms with Crippen molar-refractivity contribution in [2.45, 2.75) is 32.0 Å². The van der Waals surface area contributed by atoms with Crippen LogP contribution in [0.25, 0.3) is 0 Å². The Morgan fingerprint density at radius 1 is 1.38 bits per heavy atom. The summed E-state index contributed by atoms with van der Waals surface area (Å²) in [6.07, 6.45) is -2.56. The number of hydrogen-bond acceptors (Lipinski definition) is 2. The highest BCUT2D eigenvalue weighted by Gasteiger charge is 2.34. The maximum absolute atomic E-state index is 12.5. The van der Waals surface area contributed by atoms with Crippen LogP contribution in [-0.2, 0) is 9.47 Å². The molecule has 1 aliphatic heterocycles.